The van der Waals surface area contributed by atoms with Crippen molar-refractivity contribution in [2.45, 2.75) is 50.8 Å². The molecular weight excluding hydrogens is 218 g/mol. The summed E-state index contributed by atoms with van der Waals surface area (Å²) >= 11 is 0. The Morgan fingerprint density at radius 1 is 1.47 bits per heavy atom. The second-order valence-electron chi connectivity index (χ2n) is 5.95. The Labute approximate surface area is 102 Å². The molecule has 5 nitrogen and oxygen atoms in total. The molecule has 0 aromatic carbocycles. The molecule has 94 valence electrons. The summed E-state index contributed by atoms with van der Waals surface area (Å²) in [5, 5.41) is 12.4. The molecule has 0 radical (unpaired) electrons. The van der Waals surface area contributed by atoms with Gasteiger partial charge in [-0.2, -0.15) is 5.26 Å². The minimum absolute atomic E-state index is 0.332. The van der Waals surface area contributed by atoms with Gasteiger partial charge in [-0.1, -0.05) is 0 Å². The van der Waals surface area contributed by atoms with E-state index in [1.165, 1.54) is 0 Å². The summed E-state index contributed by atoms with van der Waals surface area (Å²) in [7, 11) is 0. The third-order valence-electron chi connectivity index (χ3n) is 2.85. The first-order valence-corrected chi connectivity index (χ1v) is 6.00. The first-order chi connectivity index (χ1) is 7.84. The van der Waals surface area contributed by atoms with Crippen molar-refractivity contribution in [3.63, 3.8) is 0 Å². The van der Waals surface area contributed by atoms with Gasteiger partial charge in [0.1, 0.15) is 11.1 Å². The molecule has 1 aliphatic carbocycles. The van der Waals surface area contributed by atoms with Gasteiger partial charge in [0.15, 0.2) is 0 Å². The van der Waals surface area contributed by atoms with E-state index < -0.39 is 11.1 Å². The van der Waals surface area contributed by atoms with Gasteiger partial charge < -0.3 is 9.64 Å². The molecule has 1 aliphatic heterocycles. The van der Waals surface area contributed by atoms with E-state index in [1.807, 2.05) is 20.8 Å². The third-order valence-corrected chi connectivity index (χ3v) is 2.85. The fourth-order valence-corrected chi connectivity index (χ4v) is 1.87. The zero-order chi connectivity index (χ0) is 12.7. The second-order valence-corrected chi connectivity index (χ2v) is 5.95. The number of nitriles is 1. The Morgan fingerprint density at radius 3 is 2.47 bits per heavy atom. The normalized spacial score (nSPS) is 22.6. The molecule has 0 spiro atoms. The van der Waals surface area contributed by atoms with Gasteiger partial charge in [-0.25, -0.2) is 4.79 Å². The Morgan fingerprint density at radius 2 is 2.06 bits per heavy atom. The van der Waals surface area contributed by atoms with E-state index in [0.717, 1.165) is 12.8 Å². The van der Waals surface area contributed by atoms with Crippen LogP contribution in [0.4, 0.5) is 4.79 Å². The van der Waals surface area contributed by atoms with Crippen LogP contribution in [0.2, 0.25) is 0 Å². The van der Waals surface area contributed by atoms with Crippen LogP contribution < -0.4 is 5.32 Å². The number of hydrogen-bond acceptors (Lipinski definition) is 4. The van der Waals surface area contributed by atoms with Gasteiger partial charge in [-0.15, -0.1) is 0 Å². The number of likely N-dealkylation sites (tertiary alicyclic amines) is 1. The monoisotopic (exact) mass is 237 g/mol. The molecule has 1 saturated heterocycles. The highest BCUT2D eigenvalue weighted by Gasteiger charge is 2.49. The molecular formula is C12H19N3O2. The van der Waals surface area contributed by atoms with Crippen molar-refractivity contribution in [3.05, 3.63) is 0 Å². The molecule has 0 atom stereocenters. The third kappa shape index (κ3) is 2.89. The maximum Gasteiger partial charge on any atom is 0.410 e. The summed E-state index contributed by atoms with van der Waals surface area (Å²) in [5.74, 6) is 0. The van der Waals surface area contributed by atoms with Crippen LogP contribution in [-0.4, -0.2) is 41.3 Å². The summed E-state index contributed by atoms with van der Waals surface area (Å²) in [6.45, 7) is 6.36. The maximum absolute atomic E-state index is 11.7. The lowest BCUT2D eigenvalue weighted by atomic mass is 9.92. The van der Waals surface area contributed by atoms with Crippen molar-refractivity contribution >= 4 is 6.09 Å². The van der Waals surface area contributed by atoms with Crippen molar-refractivity contribution < 1.29 is 9.53 Å². The predicted octanol–water partition coefficient (Wildman–Crippen LogP) is 1.25. The molecule has 17 heavy (non-hydrogen) atoms. The molecule has 0 bridgehead atoms. The highest BCUT2D eigenvalue weighted by atomic mass is 16.6. The van der Waals surface area contributed by atoms with E-state index in [4.69, 9.17) is 10.00 Å². The fraction of sp³-hybridized carbons (Fsp3) is 0.833. The topological polar surface area (TPSA) is 65.4 Å². The van der Waals surface area contributed by atoms with Gasteiger partial charge in [0.2, 0.25) is 0 Å². The van der Waals surface area contributed by atoms with Crippen molar-refractivity contribution in [1.82, 2.24) is 10.2 Å². The predicted molar refractivity (Wildman–Crippen MR) is 62.3 cm³/mol. The lowest BCUT2D eigenvalue weighted by molar-refractivity contribution is -0.00522. The van der Waals surface area contributed by atoms with E-state index in [0.29, 0.717) is 19.1 Å². The molecule has 2 fully saturated rings. The number of ether oxygens (including phenoxy) is 1. The highest BCUT2D eigenvalue weighted by Crippen LogP contribution is 2.28. The van der Waals surface area contributed by atoms with Crippen molar-refractivity contribution in [1.29, 1.82) is 5.26 Å². The van der Waals surface area contributed by atoms with E-state index in [2.05, 4.69) is 11.4 Å². The van der Waals surface area contributed by atoms with Crippen molar-refractivity contribution in [2.24, 2.45) is 0 Å². The number of nitrogens with zero attached hydrogens (tertiary/aromatic N) is 2. The number of amides is 1. The Hall–Kier alpha value is -1.28. The van der Waals surface area contributed by atoms with Gasteiger partial charge in [0, 0.05) is 6.04 Å². The number of hydrogen-bond donors (Lipinski definition) is 1. The molecule has 0 unspecified atom stereocenters. The maximum atomic E-state index is 11.7. The van der Waals surface area contributed by atoms with E-state index in [-0.39, 0.29) is 6.09 Å². The summed E-state index contributed by atoms with van der Waals surface area (Å²) in [4.78, 5) is 13.3. The van der Waals surface area contributed by atoms with Gasteiger partial charge >= 0.3 is 6.09 Å². The fourth-order valence-electron chi connectivity index (χ4n) is 1.87. The molecule has 2 aliphatic rings. The van der Waals surface area contributed by atoms with Crippen LogP contribution in [-0.2, 0) is 4.74 Å². The molecule has 1 amide bonds. The highest BCUT2D eigenvalue weighted by molar-refractivity contribution is 5.70. The molecule has 5 heteroatoms. The van der Waals surface area contributed by atoms with Crippen LogP contribution in [0.3, 0.4) is 0 Å². The average molecular weight is 237 g/mol. The minimum atomic E-state index is -0.544. The van der Waals surface area contributed by atoms with Gasteiger partial charge in [-0.05, 0) is 33.6 Å². The minimum Gasteiger partial charge on any atom is -0.444 e. The number of carbonyl (C=O) groups excluding carboxylic acids is 1. The Bertz CT molecular complexity index is 357. The Kier molecular flexibility index (Phi) is 2.78. The summed E-state index contributed by atoms with van der Waals surface area (Å²) in [5.41, 5.74) is -1.02. The van der Waals surface area contributed by atoms with Gasteiger partial charge in [-0.3, -0.25) is 5.32 Å². The molecule has 1 N–H and O–H groups in total. The summed E-state index contributed by atoms with van der Waals surface area (Å²) in [6.07, 6.45) is 1.94. The SMILES string of the molecule is CC(C)(C)OC(=O)N1CC(C#N)(NC2CC2)C1. The second kappa shape index (κ2) is 3.88. The molecule has 1 heterocycles. The van der Waals surface area contributed by atoms with E-state index in [9.17, 15) is 4.79 Å². The first-order valence-electron chi connectivity index (χ1n) is 6.00. The van der Waals surface area contributed by atoms with Crippen LogP contribution in [0.15, 0.2) is 0 Å². The molecule has 2 rings (SSSR count). The van der Waals surface area contributed by atoms with Crippen molar-refractivity contribution in [2.75, 3.05) is 13.1 Å². The largest absolute Gasteiger partial charge is 0.444 e. The number of carbonyl (C=O) groups is 1. The molecule has 1 saturated carbocycles. The zero-order valence-corrected chi connectivity index (χ0v) is 10.6. The lowest BCUT2D eigenvalue weighted by Crippen LogP contribution is -2.70. The number of rotatable bonds is 2. The quantitative estimate of drug-likeness (QED) is 0.785. The lowest BCUT2D eigenvalue weighted by Gasteiger charge is -2.46. The average Bonchev–Trinajstić information content (AvgIpc) is 2.91. The van der Waals surface area contributed by atoms with E-state index in [1.54, 1.807) is 4.90 Å². The van der Waals surface area contributed by atoms with Crippen molar-refractivity contribution in [3.8, 4) is 6.07 Å². The smallest absolute Gasteiger partial charge is 0.410 e. The van der Waals surface area contributed by atoms with Gasteiger partial charge in [0.25, 0.3) is 0 Å². The van der Waals surface area contributed by atoms with Crippen LogP contribution >= 0.6 is 0 Å². The Balaban J connectivity index is 1.84. The first kappa shape index (κ1) is 12.2. The standard InChI is InChI=1S/C12H19N3O2/c1-11(2,3)17-10(16)15-7-12(6-13,8-15)14-9-4-5-9/h9,14H,4-5,7-8H2,1-3H3. The van der Waals surface area contributed by atoms with E-state index >= 15 is 0 Å². The summed E-state index contributed by atoms with van der Waals surface area (Å²) < 4.78 is 5.25. The molecule has 0 aromatic heterocycles. The van der Waals surface area contributed by atoms with Crippen LogP contribution in [0.1, 0.15) is 33.6 Å². The summed E-state index contributed by atoms with van der Waals surface area (Å²) in [6, 6.07) is 2.74. The zero-order valence-electron chi connectivity index (χ0n) is 10.6. The molecule has 0 aromatic rings. The van der Waals surface area contributed by atoms with Crippen LogP contribution in [0.5, 0.6) is 0 Å². The number of nitrogens with one attached hydrogen (secondary N) is 1. The van der Waals surface area contributed by atoms with Gasteiger partial charge in [0.05, 0.1) is 19.2 Å². The van der Waals surface area contributed by atoms with Crippen LogP contribution in [0, 0.1) is 11.3 Å². The van der Waals surface area contributed by atoms with Crippen LogP contribution in [0.25, 0.3) is 0 Å².